The lowest BCUT2D eigenvalue weighted by atomic mass is 9.85. The summed E-state index contributed by atoms with van der Waals surface area (Å²) < 4.78 is 0. The quantitative estimate of drug-likeness (QED) is 0.748. The first-order valence-electron chi connectivity index (χ1n) is 8.34. The Hall–Kier alpha value is -0.730. The second-order valence-corrected chi connectivity index (χ2v) is 7.04. The Kier molecular flexibility index (Phi) is 6.38. The molecule has 0 heterocycles. The molecule has 0 radical (unpaired) electrons. The van der Waals surface area contributed by atoms with Crippen molar-refractivity contribution in [1.29, 1.82) is 0 Å². The van der Waals surface area contributed by atoms with Gasteiger partial charge in [0.1, 0.15) is 0 Å². The zero-order chi connectivity index (χ0) is 15.2. The van der Waals surface area contributed by atoms with Gasteiger partial charge in [-0.25, -0.2) is 0 Å². The maximum atomic E-state index is 6.46. The van der Waals surface area contributed by atoms with Crippen LogP contribution in [0.4, 0.5) is 5.69 Å². The summed E-state index contributed by atoms with van der Waals surface area (Å²) in [6, 6.07) is 6.53. The molecular formula is C18H29ClN2. The molecule has 1 fully saturated rings. The van der Waals surface area contributed by atoms with E-state index in [1.54, 1.807) is 0 Å². The highest BCUT2D eigenvalue weighted by atomic mass is 35.5. The normalized spacial score (nSPS) is 15.3. The van der Waals surface area contributed by atoms with Crippen LogP contribution in [0.5, 0.6) is 0 Å². The molecule has 0 unspecified atom stereocenters. The van der Waals surface area contributed by atoms with Gasteiger partial charge in [-0.05, 0) is 55.8 Å². The van der Waals surface area contributed by atoms with Crippen molar-refractivity contribution < 1.29 is 0 Å². The molecule has 1 aliphatic rings. The number of rotatable bonds is 8. The number of anilines is 1. The minimum absolute atomic E-state index is 0.668. The topological polar surface area (TPSA) is 15.3 Å². The van der Waals surface area contributed by atoms with Crippen LogP contribution in [0, 0.1) is 11.8 Å². The van der Waals surface area contributed by atoms with Crippen molar-refractivity contribution >= 4 is 17.3 Å². The molecule has 0 spiro atoms. The zero-order valence-corrected chi connectivity index (χ0v) is 14.4. The summed E-state index contributed by atoms with van der Waals surface area (Å²) in [6.07, 6.45) is 4.19. The SMILES string of the molecule is CCN(CC1CCC1)c1ccc(CNCC(C)C)c(Cl)c1. The molecular weight excluding hydrogens is 280 g/mol. The van der Waals surface area contributed by atoms with Crippen molar-refractivity contribution in [2.45, 2.75) is 46.6 Å². The first kappa shape index (κ1) is 16.6. The molecule has 1 aromatic carbocycles. The van der Waals surface area contributed by atoms with Crippen LogP contribution >= 0.6 is 11.6 Å². The van der Waals surface area contributed by atoms with Crippen LogP contribution in [-0.4, -0.2) is 19.6 Å². The smallest absolute Gasteiger partial charge is 0.0471 e. The maximum absolute atomic E-state index is 6.46. The molecule has 0 saturated heterocycles. The van der Waals surface area contributed by atoms with Crippen LogP contribution in [0.2, 0.25) is 5.02 Å². The van der Waals surface area contributed by atoms with E-state index in [0.717, 1.165) is 30.6 Å². The average molecular weight is 309 g/mol. The fraction of sp³-hybridized carbons (Fsp3) is 0.667. The van der Waals surface area contributed by atoms with Crippen LogP contribution < -0.4 is 10.2 Å². The third kappa shape index (κ3) is 4.89. The van der Waals surface area contributed by atoms with E-state index in [1.807, 2.05) is 0 Å². The molecule has 2 rings (SSSR count). The average Bonchev–Trinajstić information content (AvgIpc) is 2.39. The van der Waals surface area contributed by atoms with Crippen molar-refractivity contribution in [2.75, 3.05) is 24.5 Å². The van der Waals surface area contributed by atoms with Crippen LogP contribution in [-0.2, 0) is 6.54 Å². The fourth-order valence-corrected chi connectivity index (χ4v) is 3.02. The lowest BCUT2D eigenvalue weighted by molar-refractivity contribution is 0.318. The lowest BCUT2D eigenvalue weighted by Gasteiger charge is -2.33. The summed E-state index contributed by atoms with van der Waals surface area (Å²) >= 11 is 6.46. The molecule has 2 nitrogen and oxygen atoms in total. The van der Waals surface area contributed by atoms with Gasteiger partial charge >= 0.3 is 0 Å². The minimum Gasteiger partial charge on any atom is -0.371 e. The number of nitrogens with one attached hydrogen (secondary N) is 1. The van der Waals surface area contributed by atoms with Gasteiger partial charge in [-0.3, -0.25) is 0 Å². The van der Waals surface area contributed by atoms with Gasteiger partial charge in [0.05, 0.1) is 0 Å². The highest BCUT2D eigenvalue weighted by molar-refractivity contribution is 6.31. The molecule has 3 heteroatoms. The molecule has 1 N–H and O–H groups in total. The number of hydrogen-bond donors (Lipinski definition) is 1. The molecule has 1 aliphatic carbocycles. The maximum Gasteiger partial charge on any atom is 0.0471 e. The predicted octanol–water partition coefficient (Wildman–Crippen LogP) is 4.71. The van der Waals surface area contributed by atoms with Crippen LogP contribution in [0.3, 0.4) is 0 Å². The fourth-order valence-electron chi connectivity index (χ4n) is 2.78. The first-order valence-corrected chi connectivity index (χ1v) is 8.72. The molecule has 0 bridgehead atoms. The van der Waals surface area contributed by atoms with Crippen LogP contribution in [0.15, 0.2) is 18.2 Å². The van der Waals surface area contributed by atoms with E-state index in [0.29, 0.717) is 5.92 Å². The predicted molar refractivity (Wildman–Crippen MR) is 93.2 cm³/mol. The van der Waals surface area contributed by atoms with Crippen molar-refractivity contribution in [2.24, 2.45) is 11.8 Å². The number of hydrogen-bond acceptors (Lipinski definition) is 2. The van der Waals surface area contributed by atoms with Gasteiger partial charge < -0.3 is 10.2 Å². The summed E-state index contributed by atoms with van der Waals surface area (Å²) in [7, 11) is 0. The summed E-state index contributed by atoms with van der Waals surface area (Å²) in [5, 5.41) is 4.34. The second kappa shape index (κ2) is 8.05. The highest BCUT2D eigenvalue weighted by Crippen LogP contribution is 2.30. The van der Waals surface area contributed by atoms with Gasteiger partial charge in [0.15, 0.2) is 0 Å². The molecule has 21 heavy (non-hydrogen) atoms. The Balaban J connectivity index is 1.95. The van der Waals surface area contributed by atoms with Gasteiger partial charge in [0.25, 0.3) is 0 Å². The lowest BCUT2D eigenvalue weighted by Crippen LogP contribution is -2.32. The molecule has 0 aromatic heterocycles. The van der Waals surface area contributed by atoms with Crippen LogP contribution in [0.25, 0.3) is 0 Å². The Bertz CT molecular complexity index is 441. The summed E-state index contributed by atoms with van der Waals surface area (Å²) in [5.41, 5.74) is 2.46. The number of halogens is 1. The van der Waals surface area contributed by atoms with Gasteiger partial charge in [0, 0.05) is 30.3 Å². The Morgan fingerprint density at radius 1 is 1.33 bits per heavy atom. The molecule has 0 atom stereocenters. The van der Waals surface area contributed by atoms with E-state index in [1.165, 1.54) is 37.1 Å². The molecule has 1 aromatic rings. The van der Waals surface area contributed by atoms with Gasteiger partial charge in [-0.1, -0.05) is 37.9 Å². The molecule has 118 valence electrons. The summed E-state index contributed by atoms with van der Waals surface area (Å²) in [6.45, 7) is 10.8. The van der Waals surface area contributed by atoms with Gasteiger partial charge in [-0.15, -0.1) is 0 Å². The van der Waals surface area contributed by atoms with Crippen molar-refractivity contribution in [3.63, 3.8) is 0 Å². The number of nitrogens with zero attached hydrogens (tertiary/aromatic N) is 1. The third-order valence-corrected chi connectivity index (χ3v) is 4.71. The Morgan fingerprint density at radius 3 is 2.62 bits per heavy atom. The second-order valence-electron chi connectivity index (χ2n) is 6.64. The van der Waals surface area contributed by atoms with E-state index in [2.05, 4.69) is 49.2 Å². The largest absolute Gasteiger partial charge is 0.371 e. The molecule has 0 amide bonds. The van der Waals surface area contributed by atoms with Crippen molar-refractivity contribution in [1.82, 2.24) is 5.32 Å². The Morgan fingerprint density at radius 2 is 2.10 bits per heavy atom. The Labute approximate surface area is 134 Å². The third-order valence-electron chi connectivity index (χ3n) is 4.35. The van der Waals surface area contributed by atoms with Gasteiger partial charge in [-0.2, -0.15) is 0 Å². The number of benzene rings is 1. The monoisotopic (exact) mass is 308 g/mol. The minimum atomic E-state index is 0.668. The zero-order valence-electron chi connectivity index (χ0n) is 13.7. The first-order chi connectivity index (χ1) is 10.1. The van der Waals surface area contributed by atoms with E-state index >= 15 is 0 Å². The summed E-state index contributed by atoms with van der Waals surface area (Å²) in [5.74, 6) is 1.55. The van der Waals surface area contributed by atoms with Crippen molar-refractivity contribution in [3.8, 4) is 0 Å². The summed E-state index contributed by atoms with van der Waals surface area (Å²) in [4.78, 5) is 2.46. The molecule has 0 aliphatic heterocycles. The van der Waals surface area contributed by atoms with Gasteiger partial charge in [0.2, 0.25) is 0 Å². The highest BCUT2D eigenvalue weighted by Gasteiger charge is 2.20. The molecule has 1 saturated carbocycles. The van der Waals surface area contributed by atoms with E-state index in [4.69, 9.17) is 11.6 Å². The van der Waals surface area contributed by atoms with Crippen molar-refractivity contribution in [3.05, 3.63) is 28.8 Å². The van der Waals surface area contributed by atoms with E-state index in [-0.39, 0.29) is 0 Å². The van der Waals surface area contributed by atoms with Crippen LogP contribution in [0.1, 0.15) is 45.6 Å². The standard InChI is InChI=1S/C18H29ClN2/c1-4-21(13-15-6-5-7-15)17-9-8-16(18(19)10-17)12-20-11-14(2)3/h8-10,14-15,20H,4-7,11-13H2,1-3H3. The van der Waals surface area contributed by atoms with E-state index in [9.17, 15) is 0 Å². The van der Waals surface area contributed by atoms with E-state index < -0.39 is 0 Å².